The number of carbonyl (C=O) groups excluding carboxylic acids is 1. The highest BCUT2D eigenvalue weighted by atomic mass is 19.4. The summed E-state index contributed by atoms with van der Waals surface area (Å²) in [6, 6.07) is 10.8. The fourth-order valence-corrected chi connectivity index (χ4v) is 2.91. The molecule has 29 heavy (non-hydrogen) atoms. The molecule has 0 saturated carbocycles. The lowest BCUT2D eigenvalue weighted by molar-refractivity contribution is -0.141. The average Bonchev–Trinajstić information content (AvgIpc) is 2.89. The van der Waals surface area contributed by atoms with Crippen molar-refractivity contribution in [2.45, 2.75) is 39.1 Å². The minimum atomic E-state index is -4.48. The number of carbonyl (C=O) groups is 1. The van der Waals surface area contributed by atoms with E-state index in [4.69, 9.17) is 4.74 Å². The number of alkyl halides is 3. The smallest absolute Gasteiger partial charge is 0.408 e. The van der Waals surface area contributed by atoms with Crippen LogP contribution in [0.4, 0.5) is 19.0 Å². The van der Waals surface area contributed by atoms with Crippen molar-refractivity contribution in [3.8, 4) is 11.5 Å². The van der Waals surface area contributed by atoms with E-state index in [1.807, 2.05) is 13.8 Å². The van der Waals surface area contributed by atoms with Crippen LogP contribution in [0.25, 0.3) is 10.9 Å². The predicted octanol–water partition coefficient (Wildman–Crippen LogP) is 4.27. The van der Waals surface area contributed by atoms with E-state index in [9.17, 15) is 23.1 Å². The number of hydrogen-bond acceptors (Lipinski definition) is 4. The lowest BCUT2D eigenvalue weighted by Gasteiger charge is -2.11. The number of hydrogen-bond donors (Lipinski definition) is 2. The third-order valence-electron chi connectivity index (χ3n) is 3.96. The molecule has 2 aromatic carbocycles. The second-order valence-electron chi connectivity index (χ2n) is 6.86. The van der Waals surface area contributed by atoms with Crippen molar-refractivity contribution in [2.75, 3.05) is 5.32 Å². The van der Waals surface area contributed by atoms with Crippen LogP contribution in [-0.4, -0.2) is 33.1 Å². The first kappa shape index (κ1) is 20.5. The Labute approximate surface area is 164 Å². The van der Waals surface area contributed by atoms with Gasteiger partial charge in [0.1, 0.15) is 18.0 Å². The van der Waals surface area contributed by atoms with E-state index in [2.05, 4.69) is 10.4 Å². The molecule has 0 unspecified atom stereocenters. The van der Waals surface area contributed by atoms with Gasteiger partial charge in [-0.25, -0.2) is 0 Å². The molecule has 2 N–H and O–H groups in total. The molecule has 0 aliphatic carbocycles. The van der Waals surface area contributed by atoms with E-state index in [1.165, 1.54) is 18.2 Å². The molecule has 1 amide bonds. The fraction of sp³-hybridized carbons (Fsp3) is 0.300. The second-order valence-corrected chi connectivity index (χ2v) is 6.86. The number of anilines is 1. The van der Waals surface area contributed by atoms with Gasteiger partial charge in [0.05, 0.1) is 18.0 Å². The minimum absolute atomic E-state index is 0.0212. The van der Waals surface area contributed by atoms with E-state index in [0.717, 1.165) is 4.68 Å². The van der Waals surface area contributed by atoms with Crippen LogP contribution in [0.3, 0.4) is 0 Å². The molecule has 0 saturated heterocycles. The van der Waals surface area contributed by atoms with Crippen molar-refractivity contribution in [3.63, 3.8) is 0 Å². The van der Waals surface area contributed by atoms with Crippen molar-refractivity contribution in [1.82, 2.24) is 9.78 Å². The number of aromatic nitrogens is 2. The van der Waals surface area contributed by atoms with Gasteiger partial charge in [-0.3, -0.25) is 9.48 Å². The summed E-state index contributed by atoms with van der Waals surface area (Å²) in [5.74, 6) is 0.00325. The molecule has 0 bridgehead atoms. The first-order valence-corrected chi connectivity index (χ1v) is 8.92. The fourth-order valence-electron chi connectivity index (χ4n) is 2.91. The maximum Gasteiger partial charge on any atom is 0.408 e. The highest BCUT2D eigenvalue weighted by Gasteiger charge is 2.30. The Hall–Kier alpha value is -3.23. The predicted molar refractivity (Wildman–Crippen MR) is 102 cm³/mol. The lowest BCUT2D eigenvalue weighted by Crippen LogP contribution is -2.19. The molecule has 3 rings (SSSR count). The summed E-state index contributed by atoms with van der Waals surface area (Å²) >= 11 is 0. The Morgan fingerprint density at radius 3 is 2.66 bits per heavy atom. The number of halogens is 3. The standard InChI is InChI=1S/C20H20F3N3O3/c1-12(2)29-15-6-7-16-17(10-15)26(11-20(21,22)23)25-19(16)24-18(28)9-13-4-3-5-14(27)8-13/h3-8,10,12,27H,9,11H2,1-2H3,(H,24,25,28). The van der Waals surface area contributed by atoms with Crippen molar-refractivity contribution >= 4 is 22.6 Å². The number of phenolic OH excluding ortho intramolecular Hbond substituents is 1. The van der Waals surface area contributed by atoms with Gasteiger partial charge in [0, 0.05) is 11.5 Å². The number of fused-ring (bicyclic) bond motifs is 1. The van der Waals surface area contributed by atoms with Crippen LogP contribution in [-0.2, 0) is 17.8 Å². The molecule has 3 aromatic rings. The monoisotopic (exact) mass is 407 g/mol. The van der Waals surface area contributed by atoms with Gasteiger partial charge in [-0.1, -0.05) is 12.1 Å². The normalized spacial score (nSPS) is 11.8. The zero-order valence-corrected chi connectivity index (χ0v) is 15.8. The van der Waals surface area contributed by atoms with Gasteiger partial charge in [0.2, 0.25) is 5.91 Å². The maximum atomic E-state index is 13.0. The largest absolute Gasteiger partial charge is 0.508 e. The summed E-state index contributed by atoms with van der Waals surface area (Å²) in [5.41, 5.74) is 0.766. The van der Waals surface area contributed by atoms with Crippen molar-refractivity contribution in [3.05, 3.63) is 48.0 Å². The summed E-state index contributed by atoms with van der Waals surface area (Å²) in [6.45, 7) is 2.32. The van der Waals surface area contributed by atoms with Gasteiger partial charge < -0.3 is 15.2 Å². The van der Waals surface area contributed by atoms with Crippen LogP contribution in [0.1, 0.15) is 19.4 Å². The van der Waals surface area contributed by atoms with Gasteiger partial charge in [-0.2, -0.15) is 18.3 Å². The molecule has 0 aliphatic rings. The van der Waals surface area contributed by atoms with E-state index in [1.54, 1.807) is 24.3 Å². The van der Waals surface area contributed by atoms with Crippen molar-refractivity contribution in [2.24, 2.45) is 0 Å². The lowest BCUT2D eigenvalue weighted by atomic mass is 10.1. The molecule has 9 heteroatoms. The molecule has 0 aliphatic heterocycles. The van der Waals surface area contributed by atoms with E-state index in [0.29, 0.717) is 16.7 Å². The number of benzene rings is 2. The SMILES string of the molecule is CC(C)Oc1ccc2c(NC(=O)Cc3cccc(O)c3)nn(CC(F)(F)F)c2c1. The van der Waals surface area contributed by atoms with Gasteiger partial charge in [-0.05, 0) is 43.7 Å². The van der Waals surface area contributed by atoms with Gasteiger partial charge in [0.15, 0.2) is 5.82 Å². The van der Waals surface area contributed by atoms with Gasteiger partial charge >= 0.3 is 6.18 Å². The highest BCUT2D eigenvalue weighted by molar-refractivity contribution is 6.00. The third-order valence-corrected chi connectivity index (χ3v) is 3.96. The molecule has 1 aromatic heterocycles. The summed E-state index contributed by atoms with van der Waals surface area (Å²) in [6.07, 6.45) is -4.68. The van der Waals surface area contributed by atoms with Crippen LogP contribution in [0, 0.1) is 0 Å². The molecule has 0 atom stereocenters. The molecule has 0 radical (unpaired) electrons. The van der Waals surface area contributed by atoms with Crippen LogP contribution in [0.2, 0.25) is 0 Å². The average molecular weight is 407 g/mol. The number of aromatic hydroxyl groups is 1. The third kappa shape index (κ3) is 5.40. The Balaban J connectivity index is 1.91. The van der Waals surface area contributed by atoms with Crippen molar-refractivity contribution < 1.29 is 27.8 Å². The van der Waals surface area contributed by atoms with Crippen LogP contribution >= 0.6 is 0 Å². The molecule has 6 nitrogen and oxygen atoms in total. The first-order chi connectivity index (χ1) is 13.6. The maximum absolute atomic E-state index is 13.0. The number of phenols is 1. The molecular formula is C20H20F3N3O3. The van der Waals surface area contributed by atoms with E-state index >= 15 is 0 Å². The summed E-state index contributed by atoms with van der Waals surface area (Å²) in [7, 11) is 0. The molecule has 0 fully saturated rings. The summed E-state index contributed by atoms with van der Waals surface area (Å²) < 4.78 is 45.3. The molecule has 0 spiro atoms. The van der Waals surface area contributed by atoms with Gasteiger partial charge in [-0.15, -0.1) is 0 Å². The molecule has 154 valence electrons. The van der Waals surface area contributed by atoms with E-state index < -0.39 is 18.6 Å². The topological polar surface area (TPSA) is 76.4 Å². The van der Waals surface area contributed by atoms with Crippen LogP contribution < -0.4 is 10.1 Å². The first-order valence-electron chi connectivity index (χ1n) is 8.92. The quantitative estimate of drug-likeness (QED) is 0.640. The van der Waals surface area contributed by atoms with Gasteiger partial charge in [0.25, 0.3) is 0 Å². The number of rotatable bonds is 6. The Kier molecular flexibility index (Phi) is 5.67. The zero-order valence-electron chi connectivity index (χ0n) is 15.8. The molecular weight excluding hydrogens is 387 g/mol. The van der Waals surface area contributed by atoms with Crippen LogP contribution in [0.15, 0.2) is 42.5 Å². The summed E-state index contributed by atoms with van der Waals surface area (Å²) in [5, 5.41) is 16.4. The highest BCUT2D eigenvalue weighted by Crippen LogP contribution is 2.30. The number of ether oxygens (including phenoxy) is 1. The van der Waals surface area contributed by atoms with Crippen LogP contribution in [0.5, 0.6) is 11.5 Å². The minimum Gasteiger partial charge on any atom is -0.508 e. The van der Waals surface area contributed by atoms with E-state index in [-0.39, 0.29) is 29.6 Å². The second kappa shape index (κ2) is 8.02. The Morgan fingerprint density at radius 1 is 1.24 bits per heavy atom. The number of nitrogens with zero attached hydrogens (tertiary/aromatic N) is 2. The summed E-state index contributed by atoms with van der Waals surface area (Å²) in [4.78, 5) is 12.4. The Bertz CT molecular complexity index is 1030. The zero-order chi connectivity index (χ0) is 21.2. The number of amides is 1. The molecule has 1 heterocycles. The Morgan fingerprint density at radius 2 is 2.00 bits per heavy atom. The number of nitrogens with one attached hydrogen (secondary N) is 1. The van der Waals surface area contributed by atoms with Crippen molar-refractivity contribution in [1.29, 1.82) is 0 Å².